The van der Waals surface area contributed by atoms with Crippen molar-refractivity contribution in [1.82, 2.24) is 0 Å². The molecule has 3 rings (SSSR count). The maximum absolute atomic E-state index is 13.4. The van der Waals surface area contributed by atoms with Crippen LogP contribution >= 0.6 is 31.9 Å². The molecule has 106 valence electrons. The van der Waals surface area contributed by atoms with Crippen LogP contribution in [-0.4, -0.2) is 0 Å². The van der Waals surface area contributed by atoms with E-state index in [9.17, 15) is 8.78 Å². The fourth-order valence-corrected chi connectivity index (χ4v) is 3.52. The molecule has 0 N–H and O–H groups in total. The second-order valence-electron chi connectivity index (χ2n) is 4.72. The summed E-state index contributed by atoms with van der Waals surface area (Å²) in [5.74, 6) is -1.67. The minimum Gasteiger partial charge on any atom is -0.204 e. The summed E-state index contributed by atoms with van der Waals surface area (Å²) in [6.07, 6.45) is 0. The van der Waals surface area contributed by atoms with Crippen LogP contribution in [0.2, 0.25) is 0 Å². The molecule has 0 saturated heterocycles. The van der Waals surface area contributed by atoms with E-state index < -0.39 is 11.6 Å². The SMILES string of the molecule is Fc1ccc(C(Br)c2ccc(Br)c3ccccc23)cc1F. The highest BCUT2D eigenvalue weighted by atomic mass is 79.9. The summed E-state index contributed by atoms with van der Waals surface area (Å²) in [7, 11) is 0. The van der Waals surface area contributed by atoms with Crippen molar-refractivity contribution in [3.05, 3.63) is 81.8 Å². The normalized spacial score (nSPS) is 12.6. The van der Waals surface area contributed by atoms with Crippen LogP contribution < -0.4 is 0 Å². The van der Waals surface area contributed by atoms with Gasteiger partial charge in [-0.1, -0.05) is 68.3 Å². The summed E-state index contributed by atoms with van der Waals surface area (Å²) in [6.45, 7) is 0. The van der Waals surface area contributed by atoms with Gasteiger partial charge < -0.3 is 0 Å². The second-order valence-corrected chi connectivity index (χ2v) is 6.49. The van der Waals surface area contributed by atoms with Crippen molar-refractivity contribution in [2.24, 2.45) is 0 Å². The van der Waals surface area contributed by atoms with Gasteiger partial charge in [0.15, 0.2) is 11.6 Å². The summed E-state index contributed by atoms with van der Waals surface area (Å²) in [5, 5.41) is 2.15. The summed E-state index contributed by atoms with van der Waals surface area (Å²) in [5.41, 5.74) is 1.70. The standard InChI is InChI=1S/C17H10Br2F2/c18-14-7-6-13(11-3-1-2-4-12(11)14)17(19)10-5-8-15(20)16(21)9-10/h1-9,17H. The van der Waals surface area contributed by atoms with Crippen LogP contribution in [0.25, 0.3) is 10.8 Å². The van der Waals surface area contributed by atoms with E-state index in [4.69, 9.17) is 0 Å². The molecule has 0 aliphatic rings. The Balaban J connectivity index is 2.15. The van der Waals surface area contributed by atoms with Crippen LogP contribution in [0.4, 0.5) is 8.78 Å². The third-order valence-electron chi connectivity index (χ3n) is 3.41. The number of alkyl halides is 1. The zero-order chi connectivity index (χ0) is 15.0. The van der Waals surface area contributed by atoms with Crippen molar-refractivity contribution in [1.29, 1.82) is 0 Å². The molecule has 4 heteroatoms. The van der Waals surface area contributed by atoms with E-state index in [-0.39, 0.29) is 4.83 Å². The maximum Gasteiger partial charge on any atom is 0.159 e. The van der Waals surface area contributed by atoms with Gasteiger partial charge in [-0.05, 0) is 40.1 Å². The average molecular weight is 412 g/mol. The molecule has 0 heterocycles. The Morgan fingerprint density at radius 1 is 0.810 bits per heavy atom. The molecule has 0 nitrogen and oxygen atoms in total. The van der Waals surface area contributed by atoms with Crippen LogP contribution in [0.1, 0.15) is 16.0 Å². The fourth-order valence-electron chi connectivity index (χ4n) is 2.36. The molecule has 0 radical (unpaired) electrons. The van der Waals surface area contributed by atoms with Gasteiger partial charge in [-0.25, -0.2) is 8.78 Å². The lowest BCUT2D eigenvalue weighted by Gasteiger charge is -2.15. The molecule has 0 fully saturated rings. The van der Waals surface area contributed by atoms with Crippen LogP contribution in [0.15, 0.2) is 59.1 Å². The van der Waals surface area contributed by atoms with Crippen molar-refractivity contribution in [3.8, 4) is 0 Å². The lowest BCUT2D eigenvalue weighted by atomic mass is 9.98. The quantitative estimate of drug-likeness (QED) is 0.430. The zero-order valence-corrected chi connectivity index (χ0v) is 14.0. The second kappa shape index (κ2) is 5.85. The monoisotopic (exact) mass is 410 g/mol. The van der Waals surface area contributed by atoms with Gasteiger partial charge in [0.25, 0.3) is 0 Å². The maximum atomic E-state index is 13.4. The molecule has 3 aromatic rings. The van der Waals surface area contributed by atoms with Crippen LogP contribution in [0.3, 0.4) is 0 Å². The molecule has 0 bridgehead atoms. The number of halogens is 4. The molecule has 0 amide bonds. The van der Waals surface area contributed by atoms with E-state index in [0.717, 1.165) is 26.9 Å². The van der Waals surface area contributed by atoms with Gasteiger partial charge in [-0.15, -0.1) is 0 Å². The van der Waals surface area contributed by atoms with E-state index in [1.54, 1.807) is 6.07 Å². The first-order chi connectivity index (χ1) is 10.1. The molecule has 0 saturated carbocycles. The Hall–Kier alpha value is -1.26. The first-order valence-electron chi connectivity index (χ1n) is 6.34. The molecule has 1 atom stereocenters. The van der Waals surface area contributed by atoms with Gasteiger partial charge in [-0.3, -0.25) is 0 Å². The summed E-state index contributed by atoms with van der Waals surface area (Å²) in [4.78, 5) is -0.203. The smallest absolute Gasteiger partial charge is 0.159 e. The molecule has 0 aromatic heterocycles. The lowest BCUT2D eigenvalue weighted by Crippen LogP contribution is -1.96. The van der Waals surface area contributed by atoms with E-state index in [1.807, 2.05) is 36.4 Å². The third-order valence-corrected chi connectivity index (χ3v) is 5.13. The number of benzene rings is 3. The fraction of sp³-hybridized carbons (Fsp3) is 0.0588. The van der Waals surface area contributed by atoms with Crippen LogP contribution in [-0.2, 0) is 0 Å². The van der Waals surface area contributed by atoms with Gasteiger partial charge in [0.1, 0.15) is 0 Å². The summed E-state index contributed by atoms with van der Waals surface area (Å²) < 4.78 is 27.5. The Kier molecular flexibility index (Phi) is 4.09. The Morgan fingerprint density at radius 3 is 2.24 bits per heavy atom. The Bertz CT molecular complexity index is 815. The van der Waals surface area contributed by atoms with Gasteiger partial charge in [0.05, 0.1) is 4.83 Å². The largest absolute Gasteiger partial charge is 0.204 e. The van der Waals surface area contributed by atoms with E-state index in [1.165, 1.54) is 6.07 Å². The molecule has 1 unspecified atom stereocenters. The minimum atomic E-state index is -0.835. The van der Waals surface area contributed by atoms with Crippen LogP contribution in [0, 0.1) is 11.6 Å². The summed E-state index contributed by atoms with van der Waals surface area (Å²) >= 11 is 7.13. The average Bonchev–Trinajstić information content (AvgIpc) is 2.50. The van der Waals surface area contributed by atoms with Crippen molar-refractivity contribution < 1.29 is 8.78 Å². The number of hydrogen-bond donors (Lipinski definition) is 0. The number of rotatable bonds is 2. The minimum absolute atomic E-state index is 0.203. The topological polar surface area (TPSA) is 0 Å². The molecule has 3 aromatic carbocycles. The molecular weight excluding hydrogens is 402 g/mol. The van der Waals surface area contributed by atoms with Crippen molar-refractivity contribution in [3.63, 3.8) is 0 Å². The van der Waals surface area contributed by atoms with Gasteiger partial charge in [0, 0.05) is 4.47 Å². The zero-order valence-electron chi connectivity index (χ0n) is 10.8. The first-order valence-corrected chi connectivity index (χ1v) is 8.05. The van der Waals surface area contributed by atoms with Crippen molar-refractivity contribution >= 4 is 42.6 Å². The van der Waals surface area contributed by atoms with Gasteiger partial charge in [-0.2, -0.15) is 0 Å². The Labute approximate surface area is 138 Å². The van der Waals surface area contributed by atoms with Crippen LogP contribution in [0.5, 0.6) is 0 Å². The molecule has 21 heavy (non-hydrogen) atoms. The van der Waals surface area contributed by atoms with Crippen molar-refractivity contribution in [2.45, 2.75) is 4.83 Å². The van der Waals surface area contributed by atoms with Gasteiger partial charge in [0.2, 0.25) is 0 Å². The molecular formula is C17H10Br2F2. The molecule has 0 aliphatic carbocycles. The number of fused-ring (bicyclic) bond motifs is 1. The molecule has 0 spiro atoms. The summed E-state index contributed by atoms with van der Waals surface area (Å²) in [6, 6.07) is 15.9. The highest BCUT2D eigenvalue weighted by Crippen LogP contribution is 2.37. The third kappa shape index (κ3) is 2.74. The number of hydrogen-bond acceptors (Lipinski definition) is 0. The van der Waals surface area contributed by atoms with E-state index in [0.29, 0.717) is 5.56 Å². The Morgan fingerprint density at radius 2 is 1.52 bits per heavy atom. The van der Waals surface area contributed by atoms with E-state index >= 15 is 0 Å². The predicted octanol–water partition coefficient (Wildman–Crippen LogP) is 6.36. The highest BCUT2D eigenvalue weighted by Gasteiger charge is 2.16. The first kappa shape index (κ1) is 14.7. The van der Waals surface area contributed by atoms with E-state index in [2.05, 4.69) is 31.9 Å². The lowest BCUT2D eigenvalue weighted by molar-refractivity contribution is 0.507. The predicted molar refractivity (Wildman–Crippen MR) is 88.8 cm³/mol. The van der Waals surface area contributed by atoms with Gasteiger partial charge >= 0.3 is 0 Å². The van der Waals surface area contributed by atoms with Crippen molar-refractivity contribution in [2.75, 3.05) is 0 Å². The highest BCUT2D eigenvalue weighted by molar-refractivity contribution is 9.10. The molecule has 0 aliphatic heterocycles.